The van der Waals surface area contributed by atoms with Crippen LogP contribution in [-0.2, 0) is 17.4 Å². The van der Waals surface area contributed by atoms with Gasteiger partial charge >= 0.3 is 6.18 Å². The van der Waals surface area contributed by atoms with Crippen molar-refractivity contribution in [1.82, 2.24) is 10.2 Å². The highest BCUT2D eigenvalue weighted by molar-refractivity contribution is 7.15. The molecule has 4 nitrogen and oxygen atoms in total. The van der Waals surface area contributed by atoms with E-state index in [0.717, 1.165) is 29.1 Å². The molecule has 8 heteroatoms. The van der Waals surface area contributed by atoms with E-state index in [0.29, 0.717) is 17.5 Å². The molecule has 134 valence electrons. The highest BCUT2D eigenvalue weighted by Crippen LogP contribution is 2.48. The summed E-state index contributed by atoms with van der Waals surface area (Å²) in [5.41, 5.74) is 0.0790. The predicted octanol–water partition coefficient (Wildman–Crippen LogP) is 4.50. The van der Waals surface area contributed by atoms with Crippen LogP contribution in [0.25, 0.3) is 0 Å². The minimum atomic E-state index is -4.34. The molecule has 1 heterocycles. The summed E-state index contributed by atoms with van der Waals surface area (Å²) in [6, 6.07) is 5.02. The summed E-state index contributed by atoms with van der Waals surface area (Å²) in [5.74, 6) is 0.0423. The first-order valence-corrected chi connectivity index (χ1v) is 8.86. The van der Waals surface area contributed by atoms with E-state index in [4.69, 9.17) is 0 Å². The van der Waals surface area contributed by atoms with Crippen LogP contribution in [0.15, 0.2) is 24.3 Å². The molecule has 2 unspecified atom stereocenters. The molecule has 2 atom stereocenters. The smallest absolute Gasteiger partial charge is 0.300 e. The third kappa shape index (κ3) is 4.36. The minimum Gasteiger partial charge on any atom is -0.300 e. The monoisotopic (exact) mass is 369 g/mol. The van der Waals surface area contributed by atoms with E-state index in [2.05, 4.69) is 29.4 Å². The Hall–Kier alpha value is -1.96. The second-order valence-corrected chi connectivity index (χ2v) is 7.72. The molecular weight excluding hydrogens is 351 g/mol. The molecule has 1 amide bonds. The van der Waals surface area contributed by atoms with Gasteiger partial charge in [-0.1, -0.05) is 37.3 Å². The number of nitrogens with one attached hydrogen (secondary N) is 1. The summed E-state index contributed by atoms with van der Waals surface area (Å²) in [7, 11) is 0. The van der Waals surface area contributed by atoms with Crippen molar-refractivity contribution in [3.8, 4) is 0 Å². The molecule has 1 saturated carbocycles. The molecule has 25 heavy (non-hydrogen) atoms. The Morgan fingerprint density at radius 2 is 1.96 bits per heavy atom. The number of rotatable bonds is 5. The normalized spacial score (nSPS) is 19.9. The van der Waals surface area contributed by atoms with Crippen molar-refractivity contribution in [1.29, 1.82) is 0 Å². The summed E-state index contributed by atoms with van der Waals surface area (Å²) in [6.45, 7) is 4.16. The van der Waals surface area contributed by atoms with E-state index >= 15 is 0 Å². The number of carbonyl (C=O) groups is 1. The van der Waals surface area contributed by atoms with Gasteiger partial charge in [0.1, 0.15) is 5.01 Å². The number of amides is 1. The molecule has 0 aliphatic heterocycles. The van der Waals surface area contributed by atoms with E-state index in [9.17, 15) is 18.0 Å². The van der Waals surface area contributed by atoms with Crippen LogP contribution >= 0.6 is 11.3 Å². The fourth-order valence-corrected chi connectivity index (χ4v) is 3.66. The van der Waals surface area contributed by atoms with Gasteiger partial charge in [-0.05, 0) is 36.0 Å². The number of halogens is 3. The van der Waals surface area contributed by atoms with Gasteiger partial charge in [0.2, 0.25) is 11.0 Å². The van der Waals surface area contributed by atoms with Crippen LogP contribution in [0.3, 0.4) is 0 Å². The quantitative estimate of drug-likeness (QED) is 0.844. The lowest BCUT2D eigenvalue weighted by Crippen LogP contribution is -2.14. The molecule has 1 aromatic heterocycles. The number of nitrogens with zero attached hydrogens (tertiary/aromatic N) is 2. The topological polar surface area (TPSA) is 54.9 Å². The lowest BCUT2D eigenvalue weighted by Gasteiger charge is -2.07. The zero-order valence-electron chi connectivity index (χ0n) is 13.8. The lowest BCUT2D eigenvalue weighted by molar-refractivity contribution is -0.137. The molecule has 3 rings (SSSR count). The first kappa shape index (κ1) is 17.8. The van der Waals surface area contributed by atoms with Crippen LogP contribution in [0.2, 0.25) is 0 Å². The van der Waals surface area contributed by atoms with Crippen molar-refractivity contribution < 1.29 is 18.0 Å². The summed E-state index contributed by atoms with van der Waals surface area (Å²) in [5, 5.41) is 12.1. The summed E-state index contributed by atoms with van der Waals surface area (Å²) in [6.07, 6.45) is -2.90. The summed E-state index contributed by atoms with van der Waals surface area (Å²) in [4.78, 5) is 12.3. The van der Waals surface area contributed by atoms with Crippen molar-refractivity contribution in [2.75, 3.05) is 5.32 Å². The molecule has 0 spiro atoms. The molecule has 0 radical (unpaired) electrons. The van der Waals surface area contributed by atoms with Gasteiger partial charge in [0.15, 0.2) is 0 Å². The fraction of sp³-hybridized carbons (Fsp3) is 0.471. The molecule has 0 saturated heterocycles. The first-order valence-electron chi connectivity index (χ1n) is 8.04. The second kappa shape index (κ2) is 6.74. The Morgan fingerprint density at radius 3 is 2.56 bits per heavy atom. The Morgan fingerprint density at radius 1 is 1.28 bits per heavy atom. The number of alkyl halides is 3. The number of anilines is 1. The van der Waals surface area contributed by atoms with Gasteiger partial charge < -0.3 is 5.32 Å². The average Bonchev–Trinajstić information content (AvgIpc) is 3.22. The van der Waals surface area contributed by atoms with Gasteiger partial charge in [-0.25, -0.2) is 0 Å². The second-order valence-electron chi connectivity index (χ2n) is 6.66. The van der Waals surface area contributed by atoms with E-state index in [-0.39, 0.29) is 17.7 Å². The zero-order valence-corrected chi connectivity index (χ0v) is 14.6. The maximum absolute atomic E-state index is 12.6. The van der Waals surface area contributed by atoms with Gasteiger partial charge in [0, 0.05) is 12.3 Å². The Balaban J connectivity index is 1.58. The summed E-state index contributed by atoms with van der Waals surface area (Å²) < 4.78 is 37.8. The standard InChI is InChI=1S/C17H18F3N3OS/c1-9(2)7-14-22-23-16(25-14)21-15(24)13-8-12(13)10-3-5-11(6-4-10)17(18,19)20/h3-6,9,12-13H,7-8H2,1-2H3,(H,21,23,24). The Bertz CT molecular complexity index is 755. The lowest BCUT2D eigenvalue weighted by atomic mass is 10.1. The Kier molecular flexibility index (Phi) is 4.81. The average molecular weight is 369 g/mol. The maximum atomic E-state index is 12.6. The third-order valence-corrected chi connectivity index (χ3v) is 4.93. The van der Waals surface area contributed by atoms with Gasteiger partial charge in [0.25, 0.3) is 0 Å². The predicted molar refractivity (Wildman–Crippen MR) is 89.4 cm³/mol. The molecule has 1 fully saturated rings. The number of benzene rings is 1. The van der Waals surface area contributed by atoms with Crippen LogP contribution in [0.5, 0.6) is 0 Å². The summed E-state index contributed by atoms with van der Waals surface area (Å²) >= 11 is 1.36. The van der Waals surface area contributed by atoms with Gasteiger partial charge in [-0.3, -0.25) is 4.79 Å². The van der Waals surface area contributed by atoms with Crippen LogP contribution in [0.1, 0.15) is 42.3 Å². The molecule has 1 aromatic carbocycles. The number of hydrogen-bond donors (Lipinski definition) is 1. The van der Waals surface area contributed by atoms with Crippen LogP contribution in [0.4, 0.5) is 18.3 Å². The SMILES string of the molecule is CC(C)Cc1nnc(NC(=O)C2CC2c2ccc(C(F)(F)F)cc2)s1. The molecule has 0 bridgehead atoms. The first-order chi connectivity index (χ1) is 11.7. The molecule has 1 N–H and O–H groups in total. The molecule has 1 aliphatic rings. The number of aromatic nitrogens is 2. The fourth-order valence-electron chi connectivity index (χ4n) is 2.71. The highest BCUT2D eigenvalue weighted by atomic mass is 32.1. The molecule has 2 aromatic rings. The van der Waals surface area contributed by atoms with Crippen LogP contribution in [-0.4, -0.2) is 16.1 Å². The number of hydrogen-bond acceptors (Lipinski definition) is 4. The van der Waals surface area contributed by atoms with E-state index in [1.807, 2.05) is 0 Å². The van der Waals surface area contributed by atoms with Crippen molar-refractivity contribution in [2.24, 2.45) is 11.8 Å². The van der Waals surface area contributed by atoms with Gasteiger partial charge in [-0.15, -0.1) is 10.2 Å². The highest BCUT2D eigenvalue weighted by Gasteiger charge is 2.44. The van der Waals surface area contributed by atoms with Crippen molar-refractivity contribution in [2.45, 2.75) is 38.8 Å². The molecular formula is C17H18F3N3OS. The zero-order chi connectivity index (χ0) is 18.2. The van der Waals surface area contributed by atoms with Crippen molar-refractivity contribution in [3.63, 3.8) is 0 Å². The van der Waals surface area contributed by atoms with Crippen molar-refractivity contribution in [3.05, 3.63) is 40.4 Å². The maximum Gasteiger partial charge on any atom is 0.416 e. The minimum absolute atomic E-state index is 0.0367. The van der Waals surface area contributed by atoms with Gasteiger partial charge in [-0.2, -0.15) is 13.2 Å². The van der Waals surface area contributed by atoms with Crippen molar-refractivity contribution >= 4 is 22.4 Å². The van der Waals surface area contributed by atoms with Crippen LogP contribution < -0.4 is 5.32 Å². The van der Waals surface area contributed by atoms with Crippen LogP contribution in [0, 0.1) is 11.8 Å². The van der Waals surface area contributed by atoms with E-state index < -0.39 is 11.7 Å². The number of carbonyl (C=O) groups excluding carboxylic acids is 1. The van der Waals surface area contributed by atoms with E-state index in [1.54, 1.807) is 0 Å². The molecule has 1 aliphatic carbocycles. The van der Waals surface area contributed by atoms with E-state index in [1.165, 1.54) is 23.5 Å². The Labute approximate surface area is 147 Å². The third-order valence-electron chi connectivity index (χ3n) is 4.07. The van der Waals surface area contributed by atoms with Gasteiger partial charge in [0.05, 0.1) is 5.56 Å². The largest absolute Gasteiger partial charge is 0.416 e.